The molecule has 19 heavy (non-hydrogen) atoms. The minimum absolute atomic E-state index is 0.0345. The summed E-state index contributed by atoms with van der Waals surface area (Å²) >= 11 is 0. The summed E-state index contributed by atoms with van der Waals surface area (Å²) in [7, 11) is 1.48. The number of hydrogen-bond donors (Lipinski definition) is 5. The normalized spacial score (nSPS) is 14.3. The van der Waals surface area contributed by atoms with Crippen molar-refractivity contribution < 1.29 is 9.90 Å². The Balaban J connectivity index is 5.32. The van der Waals surface area contributed by atoms with Crippen LogP contribution in [0.2, 0.25) is 0 Å². The number of nitrogens with zero attached hydrogens (tertiary/aromatic N) is 2. The summed E-state index contributed by atoms with van der Waals surface area (Å²) in [6.07, 6.45) is 0.436. The van der Waals surface area contributed by atoms with Gasteiger partial charge in [-0.2, -0.15) is 0 Å². The Bertz CT molecular complexity index is 389. The molecule has 0 aromatic heterocycles. The Kier molecular flexibility index (Phi) is 5.16. The number of carbonyl (C=O) groups is 1. The van der Waals surface area contributed by atoms with E-state index >= 15 is 0 Å². The van der Waals surface area contributed by atoms with Crippen LogP contribution in [0.1, 0.15) is 27.2 Å². The maximum atomic E-state index is 11.6. The van der Waals surface area contributed by atoms with Gasteiger partial charge in [-0.3, -0.25) is 10.4 Å². The standard InChI is InChI=1S/C11H24N6O2/c1-10(2,5-6-16-8(12)13)11(3,7(18)19)17(4)9(14)15/h5-6H2,1-4H3,(H3,14,15)(H,18,19)(H4,12,13,16). The molecule has 0 aromatic rings. The van der Waals surface area contributed by atoms with Crippen molar-refractivity contribution in [1.82, 2.24) is 4.90 Å². The van der Waals surface area contributed by atoms with E-state index in [4.69, 9.17) is 22.6 Å². The smallest absolute Gasteiger partial charge is 0.329 e. The highest BCUT2D eigenvalue weighted by Crippen LogP contribution is 2.38. The van der Waals surface area contributed by atoms with Gasteiger partial charge in [0.15, 0.2) is 11.9 Å². The van der Waals surface area contributed by atoms with Gasteiger partial charge in [0.2, 0.25) is 0 Å². The average molecular weight is 272 g/mol. The molecule has 0 radical (unpaired) electrons. The van der Waals surface area contributed by atoms with Crippen molar-refractivity contribution in [2.75, 3.05) is 13.6 Å². The molecule has 1 atom stereocenters. The van der Waals surface area contributed by atoms with Crippen molar-refractivity contribution in [2.24, 2.45) is 27.6 Å². The molecule has 1 unspecified atom stereocenters. The minimum atomic E-state index is -1.34. The monoisotopic (exact) mass is 272 g/mol. The SMILES string of the molecule is CN(C(=N)N)C(C)(C(=O)O)C(C)(C)CCN=C(N)N. The van der Waals surface area contributed by atoms with Crippen LogP contribution in [0, 0.1) is 10.8 Å². The van der Waals surface area contributed by atoms with Gasteiger partial charge in [0, 0.05) is 19.0 Å². The highest BCUT2D eigenvalue weighted by atomic mass is 16.4. The first-order valence-corrected chi connectivity index (χ1v) is 5.83. The zero-order chi connectivity index (χ0) is 15.4. The van der Waals surface area contributed by atoms with Crippen LogP contribution in [0.3, 0.4) is 0 Å². The number of rotatable bonds is 6. The van der Waals surface area contributed by atoms with Crippen molar-refractivity contribution in [3.8, 4) is 0 Å². The molecule has 0 heterocycles. The Morgan fingerprint density at radius 3 is 2.11 bits per heavy atom. The van der Waals surface area contributed by atoms with Crippen molar-refractivity contribution >= 4 is 17.9 Å². The third kappa shape index (κ3) is 3.49. The molecule has 0 aliphatic carbocycles. The summed E-state index contributed by atoms with van der Waals surface area (Å²) in [4.78, 5) is 16.7. The molecule has 8 nitrogen and oxygen atoms in total. The van der Waals surface area contributed by atoms with Gasteiger partial charge < -0.3 is 27.2 Å². The molecule has 8 N–H and O–H groups in total. The van der Waals surface area contributed by atoms with Gasteiger partial charge in [-0.1, -0.05) is 13.8 Å². The molecule has 0 bridgehead atoms. The van der Waals surface area contributed by atoms with Crippen LogP contribution in [0.5, 0.6) is 0 Å². The van der Waals surface area contributed by atoms with Crippen LogP contribution >= 0.6 is 0 Å². The minimum Gasteiger partial charge on any atom is -0.479 e. The second kappa shape index (κ2) is 5.77. The molecule has 0 saturated heterocycles. The van der Waals surface area contributed by atoms with Gasteiger partial charge in [0.1, 0.15) is 5.54 Å². The molecule has 0 aliphatic rings. The van der Waals surface area contributed by atoms with Crippen molar-refractivity contribution in [3.63, 3.8) is 0 Å². The van der Waals surface area contributed by atoms with E-state index in [0.29, 0.717) is 13.0 Å². The van der Waals surface area contributed by atoms with Crippen molar-refractivity contribution in [1.29, 1.82) is 5.41 Å². The molecule has 0 spiro atoms. The van der Waals surface area contributed by atoms with Crippen LogP contribution in [0.4, 0.5) is 0 Å². The Hall–Kier alpha value is -1.99. The van der Waals surface area contributed by atoms with Gasteiger partial charge >= 0.3 is 5.97 Å². The van der Waals surface area contributed by atoms with E-state index < -0.39 is 16.9 Å². The van der Waals surface area contributed by atoms with Gasteiger partial charge in [-0.15, -0.1) is 0 Å². The fourth-order valence-electron chi connectivity index (χ4n) is 1.84. The zero-order valence-corrected chi connectivity index (χ0v) is 11.9. The highest BCUT2D eigenvalue weighted by Gasteiger charge is 2.51. The summed E-state index contributed by atoms with van der Waals surface area (Å²) in [6, 6.07) is 0. The molecule has 0 saturated carbocycles. The van der Waals surface area contributed by atoms with E-state index in [1.807, 2.05) is 0 Å². The average Bonchev–Trinajstić information content (AvgIpc) is 2.25. The van der Waals surface area contributed by atoms with E-state index in [1.165, 1.54) is 18.9 Å². The Morgan fingerprint density at radius 1 is 1.32 bits per heavy atom. The molecule has 0 aromatic carbocycles. The fraction of sp³-hybridized carbons (Fsp3) is 0.727. The number of carboxylic acid groups (broad SMARTS) is 1. The number of carboxylic acids is 1. The van der Waals surface area contributed by atoms with E-state index in [1.54, 1.807) is 13.8 Å². The lowest BCUT2D eigenvalue weighted by Crippen LogP contribution is -2.63. The van der Waals surface area contributed by atoms with Crippen LogP contribution < -0.4 is 17.2 Å². The fourth-order valence-corrected chi connectivity index (χ4v) is 1.84. The van der Waals surface area contributed by atoms with Crippen LogP contribution in [0.15, 0.2) is 4.99 Å². The molecule has 0 amide bonds. The topological polar surface area (TPSA) is 155 Å². The summed E-state index contributed by atoms with van der Waals surface area (Å²) in [5.41, 5.74) is 13.9. The predicted octanol–water partition coefficient (Wildman–Crippen LogP) is -0.655. The van der Waals surface area contributed by atoms with E-state index in [9.17, 15) is 9.90 Å². The van der Waals surface area contributed by atoms with Gasteiger partial charge in [-0.25, -0.2) is 4.79 Å². The lowest BCUT2D eigenvalue weighted by molar-refractivity contribution is -0.154. The Morgan fingerprint density at radius 2 is 1.79 bits per heavy atom. The number of aliphatic carboxylic acids is 1. The quantitative estimate of drug-likeness (QED) is 0.319. The first kappa shape index (κ1) is 17.0. The van der Waals surface area contributed by atoms with Crippen LogP contribution in [-0.4, -0.2) is 47.0 Å². The van der Waals surface area contributed by atoms with E-state index in [2.05, 4.69) is 4.99 Å². The molecule has 0 aliphatic heterocycles. The molecule has 110 valence electrons. The predicted molar refractivity (Wildman–Crippen MR) is 74.8 cm³/mol. The largest absolute Gasteiger partial charge is 0.479 e. The summed E-state index contributed by atoms with van der Waals surface area (Å²) in [5, 5.41) is 17.0. The van der Waals surface area contributed by atoms with E-state index in [0.717, 1.165) is 0 Å². The number of hydrogen-bond acceptors (Lipinski definition) is 3. The molecular weight excluding hydrogens is 248 g/mol. The van der Waals surface area contributed by atoms with Gasteiger partial charge in [0.25, 0.3) is 0 Å². The van der Waals surface area contributed by atoms with Crippen LogP contribution in [0.25, 0.3) is 0 Å². The number of likely N-dealkylation sites (N-methyl/N-ethyl adjacent to an activating group) is 1. The maximum absolute atomic E-state index is 11.6. The van der Waals surface area contributed by atoms with E-state index in [-0.39, 0.29) is 11.9 Å². The molecule has 0 rings (SSSR count). The first-order valence-electron chi connectivity index (χ1n) is 5.83. The summed E-state index contributed by atoms with van der Waals surface area (Å²) in [6.45, 7) is 5.40. The lowest BCUT2D eigenvalue weighted by Gasteiger charge is -2.46. The number of nitrogens with one attached hydrogen (secondary N) is 1. The zero-order valence-electron chi connectivity index (χ0n) is 11.9. The second-order valence-corrected chi connectivity index (χ2v) is 5.26. The Labute approximate surface area is 113 Å². The van der Waals surface area contributed by atoms with Crippen LogP contribution in [-0.2, 0) is 4.79 Å². The number of nitrogens with two attached hydrogens (primary N) is 3. The first-order chi connectivity index (χ1) is 8.46. The third-order valence-corrected chi connectivity index (χ3v) is 3.80. The van der Waals surface area contributed by atoms with Crippen molar-refractivity contribution in [2.45, 2.75) is 32.7 Å². The number of aliphatic imine (C=N–C) groups is 1. The summed E-state index contributed by atoms with van der Waals surface area (Å²) < 4.78 is 0. The van der Waals surface area contributed by atoms with Crippen molar-refractivity contribution in [3.05, 3.63) is 0 Å². The lowest BCUT2D eigenvalue weighted by atomic mass is 9.70. The molecule has 0 fully saturated rings. The third-order valence-electron chi connectivity index (χ3n) is 3.80. The molecule has 8 heteroatoms. The molecular formula is C11H24N6O2. The van der Waals surface area contributed by atoms with Gasteiger partial charge in [0.05, 0.1) is 0 Å². The number of guanidine groups is 2. The van der Waals surface area contributed by atoms with Gasteiger partial charge in [-0.05, 0) is 13.3 Å². The maximum Gasteiger partial charge on any atom is 0.329 e. The summed E-state index contributed by atoms with van der Waals surface area (Å²) in [5.74, 6) is -1.40. The highest BCUT2D eigenvalue weighted by molar-refractivity contribution is 5.86. The second-order valence-electron chi connectivity index (χ2n) is 5.26.